The number of rotatable bonds is 3. The molecule has 3 rings (SSSR count). The number of anilines is 1. The van der Waals surface area contributed by atoms with Gasteiger partial charge in [0.1, 0.15) is 5.82 Å². The molecule has 0 aromatic heterocycles. The summed E-state index contributed by atoms with van der Waals surface area (Å²) < 4.78 is 13.4. The Kier molecular flexibility index (Phi) is 3.66. The first-order chi connectivity index (χ1) is 9.61. The molecule has 0 unspecified atom stereocenters. The third-order valence-electron chi connectivity index (χ3n) is 3.98. The Labute approximate surface area is 123 Å². The van der Waals surface area contributed by atoms with Gasteiger partial charge in [0.15, 0.2) is 0 Å². The van der Waals surface area contributed by atoms with Gasteiger partial charge < -0.3 is 5.32 Å². The van der Waals surface area contributed by atoms with Crippen LogP contribution in [0.1, 0.15) is 29.9 Å². The van der Waals surface area contributed by atoms with Crippen LogP contribution in [0.25, 0.3) is 0 Å². The lowest BCUT2D eigenvalue weighted by molar-refractivity contribution is 0.374. The molecule has 20 heavy (non-hydrogen) atoms. The average Bonchev–Trinajstić information content (AvgIpc) is 2.39. The van der Waals surface area contributed by atoms with Crippen molar-refractivity contribution in [3.05, 3.63) is 64.4 Å². The molecule has 1 aliphatic carbocycles. The second-order valence-corrected chi connectivity index (χ2v) is 5.96. The molecule has 0 heterocycles. The highest BCUT2D eigenvalue weighted by atomic mass is 35.5. The summed E-state index contributed by atoms with van der Waals surface area (Å²) in [6, 6.07) is 14.0. The molecule has 1 nitrogen and oxygen atoms in total. The summed E-state index contributed by atoms with van der Waals surface area (Å²) in [5, 5.41) is 3.53. The molecule has 2 aromatic carbocycles. The smallest absolute Gasteiger partial charge is 0.143 e. The number of aryl methyl sites for hydroxylation is 1. The number of nitrogens with one attached hydrogen (secondary N) is 1. The second kappa shape index (κ2) is 5.45. The van der Waals surface area contributed by atoms with Crippen molar-refractivity contribution in [3.8, 4) is 0 Å². The summed E-state index contributed by atoms with van der Waals surface area (Å²) >= 11 is 5.68. The minimum Gasteiger partial charge on any atom is -0.382 e. The van der Waals surface area contributed by atoms with Gasteiger partial charge in [-0.05, 0) is 49.4 Å². The summed E-state index contributed by atoms with van der Waals surface area (Å²) in [6.07, 6.45) is 2.18. The van der Waals surface area contributed by atoms with E-state index in [-0.39, 0.29) is 10.8 Å². The van der Waals surface area contributed by atoms with Crippen LogP contribution in [0, 0.1) is 12.7 Å². The Morgan fingerprint density at radius 1 is 1.10 bits per heavy atom. The minimum absolute atomic E-state index is 0.168. The summed E-state index contributed by atoms with van der Waals surface area (Å²) in [6.45, 7) is 2.10. The van der Waals surface area contributed by atoms with E-state index in [0.29, 0.717) is 12.0 Å². The molecule has 0 bridgehead atoms. The van der Waals surface area contributed by atoms with Gasteiger partial charge in [0.25, 0.3) is 0 Å². The van der Waals surface area contributed by atoms with Gasteiger partial charge in [-0.15, -0.1) is 0 Å². The highest BCUT2D eigenvalue weighted by Gasteiger charge is 2.30. The molecular formula is C17H17ClFN. The molecule has 1 fully saturated rings. The SMILES string of the molecule is Cc1ccc(C2CC(Nc3ccc(Cl)c(F)c3)C2)cc1. The predicted octanol–water partition coefficient (Wildman–Crippen LogP) is 5.15. The van der Waals surface area contributed by atoms with E-state index in [9.17, 15) is 4.39 Å². The van der Waals surface area contributed by atoms with Crippen LogP contribution >= 0.6 is 11.6 Å². The molecule has 1 saturated carbocycles. The fourth-order valence-electron chi connectivity index (χ4n) is 2.67. The van der Waals surface area contributed by atoms with E-state index >= 15 is 0 Å². The van der Waals surface area contributed by atoms with Crippen LogP contribution in [0.4, 0.5) is 10.1 Å². The van der Waals surface area contributed by atoms with Gasteiger partial charge >= 0.3 is 0 Å². The zero-order chi connectivity index (χ0) is 14.1. The number of hydrogen-bond donors (Lipinski definition) is 1. The van der Waals surface area contributed by atoms with Gasteiger partial charge in [0.2, 0.25) is 0 Å². The van der Waals surface area contributed by atoms with Gasteiger partial charge in [-0.25, -0.2) is 4.39 Å². The van der Waals surface area contributed by atoms with Gasteiger partial charge in [0.05, 0.1) is 5.02 Å². The number of halogens is 2. The van der Waals surface area contributed by atoms with Crippen molar-refractivity contribution in [3.63, 3.8) is 0 Å². The summed E-state index contributed by atoms with van der Waals surface area (Å²) in [4.78, 5) is 0. The Balaban J connectivity index is 1.58. The van der Waals surface area contributed by atoms with E-state index < -0.39 is 0 Å². The monoisotopic (exact) mass is 289 g/mol. The van der Waals surface area contributed by atoms with E-state index in [1.165, 1.54) is 17.2 Å². The van der Waals surface area contributed by atoms with E-state index in [1.807, 2.05) is 6.07 Å². The van der Waals surface area contributed by atoms with E-state index in [0.717, 1.165) is 18.5 Å². The molecular weight excluding hydrogens is 273 g/mol. The van der Waals surface area contributed by atoms with Crippen molar-refractivity contribution >= 4 is 17.3 Å². The fraction of sp³-hybridized carbons (Fsp3) is 0.294. The van der Waals surface area contributed by atoms with Crippen LogP contribution in [0.5, 0.6) is 0 Å². The summed E-state index contributed by atoms with van der Waals surface area (Å²) in [5.74, 6) is 0.247. The van der Waals surface area contributed by atoms with Crippen molar-refractivity contribution in [2.24, 2.45) is 0 Å². The van der Waals surface area contributed by atoms with Crippen LogP contribution in [-0.4, -0.2) is 6.04 Å². The fourth-order valence-corrected chi connectivity index (χ4v) is 2.79. The minimum atomic E-state index is -0.369. The number of benzene rings is 2. The Morgan fingerprint density at radius 2 is 1.80 bits per heavy atom. The van der Waals surface area contributed by atoms with Crippen LogP contribution < -0.4 is 5.32 Å². The maximum Gasteiger partial charge on any atom is 0.143 e. The zero-order valence-corrected chi connectivity index (χ0v) is 12.1. The lowest BCUT2D eigenvalue weighted by Crippen LogP contribution is -2.34. The highest BCUT2D eigenvalue weighted by molar-refractivity contribution is 6.30. The summed E-state index contributed by atoms with van der Waals surface area (Å²) in [7, 11) is 0. The molecule has 0 aliphatic heterocycles. The first-order valence-corrected chi connectivity index (χ1v) is 7.28. The predicted molar refractivity (Wildman–Crippen MR) is 82.0 cm³/mol. The normalized spacial score (nSPS) is 21.4. The molecule has 0 radical (unpaired) electrons. The van der Waals surface area contributed by atoms with Crippen molar-refractivity contribution in [2.75, 3.05) is 5.32 Å². The maximum absolute atomic E-state index is 13.4. The maximum atomic E-state index is 13.4. The van der Waals surface area contributed by atoms with Crippen molar-refractivity contribution in [1.82, 2.24) is 0 Å². The average molecular weight is 290 g/mol. The molecule has 104 valence electrons. The molecule has 1 aliphatic rings. The third-order valence-corrected chi connectivity index (χ3v) is 4.28. The van der Waals surface area contributed by atoms with E-state index in [2.05, 4.69) is 36.5 Å². The lowest BCUT2D eigenvalue weighted by Gasteiger charge is -2.37. The van der Waals surface area contributed by atoms with Crippen LogP contribution in [0.3, 0.4) is 0 Å². The Hall–Kier alpha value is -1.54. The topological polar surface area (TPSA) is 12.0 Å². The third kappa shape index (κ3) is 2.80. The molecule has 2 aromatic rings. The summed E-state index contributed by atoms with van der Waals surface area (Å²) in [5.41, 5.74) is 3.49. The molecule has 1 N–H and O–H groups in total. The largest absolute Gasteiger partial charge is 0.382 e. The second-order valence-electron chi connectivity index (χ2n) is 5.55. The van der Waals surface area contributed by atoms with Gasteiger partial charge in [-0.1, -0.05) is 41.4 Å². The van der Waals surface area contributed by atoms with Crippen LogP contribution in [-0.2, 0) is 0 Å². The van der Waals surface area contributed by atoms with E-state index in [1.54, 1.807) is 6.07 Å². The lowest BCUT2D eigenvalue weighted by atomic mass is 9.75. The molecule has 0 saturated heterocycles. The molecule has 0 amide bonds. The quantitative estimate of drug-likeness (QED) is 0.824. The molecule has 0 spiro atoms. The Morgan fingerprint density at radius 3 is 2.45 bits per heavy atom. The Bertz CT molecular complexity index is 603. The van der Waals surface area contributed by atoms with Crippen LogP contribution in [0.15, 0.2) is 42.5 Å². The van der Waals surface area contributed by atoms with Gasteiger partial charge in [-0.2, -0.15) is 0 Å². The standard InChI is InChI=1S/C17H17ClFN/c1-11-2-4-12(5-3-11)13-8-15(9-13)20-14-6-7-16(18)17(19)10-14/h2-7,10,13,15,20H,8-9H2,1H3. The van der Waals surface area contributed by atoms with Gasteiger partial charge in [0, 0.05) is 11.7 Å². The van der Waals surface area contributed by atoms with Crippen molar-refractivity contribution in [2.45, 2.75) is 31.7 Å². The first kappa shape index (κ1) is 13.4. The number of hydrogen-bond acceptors (Lipinski definition) is 1. The van der Waals surface area contributed by atoms with Crippen molar-refractivity contribution in [1.29, 1.82) is 0 Å². The zero-order valence-electron chi connectivity index (χ0n) is 11.4. The van der Waals surface area contributed by atoms with Crippen molar-refractivity contribution < 1.29 is 4.39 Å². The highest BCUT2D eigenvalue weighted by Crippen LogP contribution is 2.38. The first-order valence-electron chi connectivity index (χ1n) is 6.90. The molecule has 0 atom stereocenters. The van der Waals surface area contributed by atoms with E-state index in [4.69, 9.17) is 11.6 Å². The van der Waals surface area contributed by atoms with Crippen LogP contribution in [0.2, 0.25) is 5.02 Å². The van der Waals surface area contributed by atoms with Gasteiger partial charge in [-0.3, -0.25) is 0 Å². The molecule has 3 heteroatoms.